The van der Waals surface area contributed by atoms with Gasteiger partial charge in [0.2, 0.25) is 0 Å². The molecule has 2 rings (SSSR count). The largest absolute Gasteiger partial charge is 0.478 e. The Labute approximate surface area is 124 Å². The minimum atomic E-state index is -1.00. The quantitative estimate of drug-likeness (QED) is 0.818. The van der Waals surface area contributed by atoms with Crippen molar-refractivity contribution in [2.45, 2.75) is 39.2 Å². The molecule has 0 aliphatic heterocycles. The summed E-state index contributed by atoms with van der Waals surface area (Å²) in [5, 5.41) is 11.8. The second kappa shape index (κ2) is 5.72. The van der Waals surface area contributed by atoms with Crippen molar-refractivity contribution < 1.29 is 14.7 Å². The number of hydrogen-bond acceptors (Lipinski definition) is 2. The van der Waals surface area contributed by atoms with Crippen molar-refractivity contribution in [3.05, 3.63) is 41.0 Å². The van der Waals surface area contributed by atoms with E-state index in [4.69, 9.17) is 5.11 Å². The second-order valence-corrected chi connectivity index (χ2v) is 6.14. The van der Waals surface area contributed by atoms with E-state index in [1.54, 1.807) is 18.2 Å². The van der Waals surface area contributed by atoms with Crippen LogP contribution >= 0.6 is 0 Å². The maximum atomic E-state index is 12.5. The van der Waals surface area contributed by atoms with Crippen molar-refractivity contribution in [1.82, 2.24) is 5.32 Å². The molecule has 1 amide bonds. The molecule has 0 aromatic heterocycles. The third-order valence-corrected chi connectivity index (χ3v) is 4.06. The van der Waals surface area contributed by atoms with Crippen molar-refractivity contribution in [2.75, 3.05) is 0 Å². The van der Waals surface area contributed by atoms with Crippen LogP contribution in [-0.2, 0) is 4.79 Å². The fourth-order valence-corrected chi connectivity index (χ4v) is 2.51. The van der Waals surface area contributed by atoms with Gasteiger partial charge in [-0.15, -0.1) is 0 Å². The van der Waals surface area contributed by atoms with Gasteiger partial charge in [-0.3, -0.25) is 4.79 Å². The standard InChI is InChI=1S/C17H21NO3/c1-11-12(7-10-15(19)20)5-4-6-14(11)16(21)18-17(2,3)13-8-9-13/h4-7,10,13H,8-9H2,1-3H3,(H,18,21)(H,19,20)/b10-7+. The number of carbonyl (C=O) groups is 2. The minimum Gasteiger partial charge on any atom is -0.478 e. The predicted octanol–water partition coefficient (Wildman–Crippen LogP) is 3.01. The molecule has 0 radical (unpaired) electrons. The van der Waals surface area contributed by atoms with Crippen LogP contribution in [0.4, 0.5) is 0 Å². The first-order chi connectivity index (χ1) is 9.81. The molecule has 21 heavy (non-hydrogen) atoms. The number of carboxylic acids is 1. The molecule has 0 bridgehead atoms. The van der Waals surface area contributed by atoms with Crippen LogP contribution in [0.25, 0.3) is 6.08 Å². The molecule has 1 aliphatic carbocycles. The average molecular weight is 287 g/mol. The van der Waals surface area contributed by atoms with Crippen LogP contribution in [0.15, 0.2) is 24.3 Å². The van der Waals surface area contributed by atoms with E-state index in [1.165, 1.54) is 6.08 Å². The number of benzene rings is 1. The number of nitrogens with one attached hydrogen (secondary N) is 1. The average Bonchev–Trinajstić information content (AvgIpc) is 3.21. The molecular weight excluding hydrogens is 266 g/mol. The normalized spacial score (nSPS) is 15.2. The number of hydrogen-bond donors (Lipinski definition) is 2. The first-order valence-corrected chi connectivity index (χ1v) is 7.14. The van der Waals surface area contributed by atoms with Gasteiger partial charge in [-0.1, -0.05) is 12.1 Å². The first kappa shape index (κ1) is 15.3. The Kier molecular flexibility index (Phi) is 4.16. The zero-order chi connectivity index (χ0) is 15.6. The Morgan fingerprint density at radius 1 is 1.33 bits per heavy atom. The molecule has 4 nitrogen and oxygen atoms in total. The van der Waals surface area contributed by atoms with Gasteiger partial charge >= 0.3 is 5.97 Å². The van der Waals surface area contributed by atoms with E-state index in [1.807, 2.05) is 20.8 Å². The third-order valence-electron chi connectivity index (χ3n) is 4.06. The van der Waals surface area contributed by atoms with Crippen molar-refractivity contribution in [1.29, 1.82) is 0 Å². The van der Waals surface area contributed by atoms with Gasteiger partial charge in [-0.2, -0.15) is 0 Å². The monoisotopic (exact) mass is 287 g/mol. The number of carbonyl (C=O) groups excluding carboxylic acids is 1. The van der Waals surface area contributed by atoms with E-state index in [-0.39, 0.29) is 11.4 Å². The smallest absolute Gasteiger partial charge is 0.328 e. The van der Waals surface area contributed by atoms with Crippen LogP contribution in [0.3, 0.4) is 0 Å². The first-order valence-electron chi connectivity index (χ1n) is 7.14. The highest BCUT2D eigenvalue weighted by molar-refractivity contribution is 5.97. The lowest BCUT2D eigenvalue weighted by Crippen LogP contribution is -2.45. The van der Waals surface area contributed by atoms with Gasteiger partial charge in [0.15, 0.2) is 0 Å². The Morgan fingerprint density at radius 3 is 2.57 bits per heavy atom. The molecule has 0 atom stereocenters. The summed E-state index contributed by atoms with van der Waals surface area (Å²) in [7, 11) is 0. The van der Waals surface area contributed by atoms with Gasteiger partial charge in [0.25, 0.3) is 5.91 Å². The van der Waals surface area contributed by atoms with E-state index in [0.717, 1.165) is 30.0 Å². The third kappa shape index (κ3) is 3.72. The summed E-state index contributed by atoms with van der Waals surface area (Å²) in [6.07, 6.45) is 4.92. The Bertz CT molecular complexity index is 598. The molecule has 0 spiro atoms. The van der Waals surface area contributed by atoms with Gasteiger partial charge in [-0.05, 0) is 62.8 Å². The molecule has 1 aromatic rings. The molecule has 0 saturated heterocycles. The second-order valence-electron chi connectivity index (χ2n) is 6.14. The Morgan fingerprint density at radius 2 is 2.00 bits per heavy atom. The lowest BCUT2D eigenvalue weighted by Gasteiger charge is -2.26. The molecule has 0 heterocycles. The van der Waals surface area contributed by atoms with Crippen LogP contribution in [0.5, 0.6) is 0 Å². The van der Waals surface area contributed by atoms with E-state index < -0.39 is 5.97 Å². The number of amides is 1. The highest BCUT2D eigenvalue weighted by atomic mass is 16.4. The summed E-state index contributed by atoms with van der Waals surface area (Å²) < 4.78 is 0. The van der Waals surface area contributed by atoms with Gasteiger partial charge in [-0.25, -0.2) is 4.79 Å². The highest BCUT2D eigenvalue weighted by Gasteiger charge is 2.38. The lowest BCUT2D eigenvalue weighted by atomic mass is 9.96. The summed E-state index contributed by atoms with van der Waals surface area (Å²) in [4.78, 5) is 23.1. The van der Waals surface area contributed by atoms with Crippen molar-refractivity contribution in [3.8, 4) is 0 Å². The number of aliphatic carboxylic acids is 1. The van der Waals surface area contributed by atoms with Gasteiger partial charge in [0.1, 0.15) is 0 Å². The Hall–Kier alpha value is -2.10. The van der Waals surface area contributed by atoms with Crippen LogP contribution < -0.4 is 5.32 Å². The maximum Gasteiger partial charge on any atom is 0.328 e. The molecule has 1 saturated carbocycles. The maximum absolute atomic E-state index is 12.5. The molecule has 0 unspecified atom stereocenters. The molecule has 1 aliphatic rings. The molecule has 4 heteroatoms. The van der Waals surface area contributed by atoms with E-state index in [9.17, 15) is 9.59 Å². The number of rotatable bonds is 5. The Balaban J connectivity index is 2.21. The van der Waals surface area contributed by atoms with E-state index in [2.05, 4.69) is 5.32 Å². The molecule has 1 aromatic carbocycles. The van der Waals surface area contributed by atoms with Gasteiger partial charge in [0.05, 0.1) is 0 Å². The zero-order valence-corrected chi connectivity index (χ0v) is 12.6. The molecule has 2 N–H and O–H groups in total. The molecule has 112 valence electrons. The zero-order valence-electron chi connectivity index (χ0n) is 12.6. The number of carboxylic acid groups (broad SMARTS) is 1. The molecular formula is C17H21NO3. The van der Waals surface area contributed by atoms with Crippen molar-refractivity contribution in [3.63, 3.8) is 0 Å². The van der Waals surface area contributed by atoms with Crippen molar-refractivity contribution >= 4 is 18.0 Å². The summed E-state index contributed by atoms with van der Waals surface area (Å²) in [6.45, 7) is 5.93. The van der Waals surface area contributed by atoms with Crippen LogP contribution in [0.2, 0.25) is 0 Å². The SMILES string of the molecule is Cc1c(/C=C/C(=O)O)cccc1C(=O)NC(C)(C)C1CC1. The van der Waals surface area contributed by atoms with Crippen LogP contribution in [-0.4, -0.2) is 22.5 Å². The van der Waals surface area contributed by atoms with Crippen LogP contribution in [0.1, 0.15) is 48.2 Å². The fraction of sp³-hybridized carbons (Fsp3) is 0.412. The van der Waals surface area contributed by atoms with Crippen LogP contribution in [0, 0.1) is 12.8 Å². The van der Waals surface area contributed by atoms with Gasteiger partial charge in [0, 0.05) is 17.2 Å². The predicted molar refractivity (Wildman–Crippen MR) is 82.1 cm³/mol. The lowest BCUT2D eigenvalue weighted by molar-refractivity contribution is -0.131. The van der Waals surface area contributed by atoms with E-state index in [0.29, 0.717) is 11.5 Å². The minimum absolute atomic E-state index is 0.102. The summed E-state index contributed by atoms with van der Waals surface area (Å²) >= 11 is 0. The summed E-state index contributed by atoms with van der Waals surface area (Å²) in [5.41, 5.74) is 1.93. The summed E-state index contributed by atoms with van der Waals surface area (Å²) in [6, 6.07) is 5.34. The van der Waals surface area contributed by atoms with Crippen molar-refractivity contribution in [2.24, 2.45) is 5.92 Å². The fourth-order valence-electron chi connectivity index (χ4n) is 2.51. The topological polar surface area (TPSA) is 66.4 Å². The highest BCUT2D eigenvalue weighted by Crippen LogP contribution is 2.39. The van der Waals surface area contributed by atoms with Gasteiger partial charge < -0.3 is 10.4 Å². The summed E-state index contributed by atoms with van der Waals surface area (Å²) in [5.74, 6) is -0.550. The molecule has 1 fully saturated rings. The van der Waals surface area contributed by atoms with E-state index >= 15 is 0 Å².